The van der Waals surface area contributed by atoms with Crippen molar-refractivity contribution in [1.82, 2.24) is 4.90 Å². The molecule has 0 aliphatic rings. The number of nitrogens with one attached hydrogen (secondary N) is 1. The van der Waals surface area contributed by atoms with Gasteiger partial charge in [0.15, 0.2) is 5.76 Å². The number of hydrogen-bond donors (Lipinski definition) is 1. The third kappa shape index (κ3) is 5.60. The zero-order valence-corrected chi connectivity index (χ0v) is 17.2. The summed E-state index contributed by atoms with van der Waals surface area (Å²) in [6, 6.07) is 8.94. The molecule has 0 fully saturated rings. The van der Waals surface area contributed by atoms with Crippen molar-refractivity contribution in [3.63, 3.8) is 0 Å². The van der Waals surface area contributed by atoms with Gasteiger partial charge in [-0.15, -0.1) is 0 Å². The van der Waals surface area contributed by atoms with Gasteiger partial charge >= 0.3 is 0 Å². The second-order valence-corrected chi connectivity index (χ2v) is 7.08. The highest BCUT2D eigenvalue weighted by molar-refractivity contribution is 6.02. The molecule has 0 saturated heterocycles. The lowest BCUT2D eigenvalue weighted by Crippen LogP contribution is -2.36. The average Bonchev–Trinajstić information content (AvgIpc) is 3.19. The summed E-state index contributed by atoms with van der Waals surface area (Å²) in [4.78, 5) is 28.7. The Balaban J connectivity index is 2.28. The Morgan fingerprint density at radius 2 is 1.96 bits per heavy atom. The van der Waals surface area contributed by atoms with E-state index in [4.69, 9.17) is 9.15 Å². The average molecular weight is 387 g/mol. The van der Waals surface area contributed by atoms with Crippen molar-refractivity contribution in [1.29, 1.82) is 0 Å². The van der Waals surface area contributed by atoms with E-state index in [2.05, 4.69) is 5.32 Å². The monoisotopic (exact) mass is 387 g/mol. The molecular weight excluding hydrogens is 358 g/mol. The molecule has 0 atom stereocenters. The van der Waals surface area contributed by atoms with E-state index in [9.17, 15) is 9.59 Å². The summed E-state index contributed by atoms with van der Waals surface area (Å²) in [6.07, 6.45) is 1.46. The van der Waals surface area contributed by atoms with Crippen molar-refractivity contribution in [3.8, 4) is 0 Å². The highest BCUT2D eigenvalue weighted by Gasteiger charge is 2.20. The van der Waals surface area contributed by atoms with E-state index < -0.39 is 0 Å². The van der Waals surface area contributed by atoms with Crippen molar-refractivity contribution in [2.45, 2.75) is 20.4 Å². The summed E-state index contributed by atoms with van der Waals surface area (Å²) < 4.78 is 10.3. The first-order valence-electron chi connectivity index (χ1n) is 9.26. The van der Waals surface area contributed by atoms with Gasteiger partial charge in [0.2, 0.25) is 5.91 Å². The molecule has 1 heterocycles. The number of nitrogens with zero attached hydrogens (tertiary/aromatic N) is 2. The predicted molar refractivity (Wildman–Crippen MR) is 110 cm³/mol. The Bertz CT molecular complexity index is 785. The van der Waals surface area contributed by atoms with Gasteiger partial charge < -0.3 is 24.3 Å². The molecule has 152 valence electrons. The Kier molecular flexibility index (Phi) is 7.63. The van der Waals surface area contributed by atoms with E-state index in [1.54, 1.807) is 24.1 Å². The van der Waals surface area contributed by atoms with Crippen LogP contribution in [0.1, 0.15) is 30.0 Å². The molecule has 1 N–H and O–H groups in total. The fraction of sp³-hybridized carbons (Fsp3) is 0.429. The van der Waals surface area contributed by atoms with Crippen molar-refractivity contribution in [2.24, 2.45) is 5.92 Å². The van der Waals surface area contributed by atoms with Crippen LogP contribution in [0.2, 0.25) is 0 Å². The summed E-state index contributed by atoms with van der Waals surface area (Å²) in [5.41, 5.74) is 2.56. The highest BCUT2D eigenvalue weighted by Crippen LogP contribution is 2.25. The number of amides is 2. The second kappa shape index (κ2) is 9.94. The second-order valence-electron chi connectivity index (χ2n) is 7.08. The maximum atomic E-state index is 12.6. The summed E-state index contributed by atoms with van der Waals surface area (Å²) in [7, 11) is 5.52. The molecule has 7 heteroatoms. The lowest BCUT2D eigenvalue weighted by atomic mass is 10.1. The van der Waals surface area contributed by atoms with Gasteiger partial charge in [0.05, 0.1) is 12.9 Å². The normalized spacial score (nSPS) is 10.8. The molecule has 0 saturated carbocycles. The molecule has 7 nitrogen and oxygen atoms in total. The molecule has 2 amide bonds. The largest absolute Gasteiger partial charge is 0.459 e. The molecule has 0 bridgehead atoms. The molecule has 0 unspecified atom stereocenters. The van der Waals surface area contributed by atoms with Crippen LogP contribution in [-0.4, -0.2) is 51.1 Å². The fourth-order valence-electron chi connectivity index (χ4n) is 2.87. The summed E-state index contributed by atoms with van der Waals surface area (Å²) >= 11 is 0. The minimum atomic E-state index is -0.317. The maximum absolute atomic E-state index is 12.6. The Labute approximate surface area is 166 Å². The number of carbonyl (C=O) groups is 2. The van der Waals surface area contributed by atoms with E-state index in [-0.39, 0.29) is 23.5 Å². The van der Waals surface area contributed by atoms with Crippen LogP contribution in [0.15, 0.2) is 41.0 Å². The SMILES string of the molecule is COCCN(Cc1cc(NC(=O)c2ccco2)ccc1N(C)C)C(=O)C(C)C. The van der Waals surface area contributed by atoms with Gasteiger partial charge in [-0.2, -0.15) is 0 Å². The molecule has 0 aliphatic carbocycles. The Hall–Kier alpha value is -2.80. The minimum Gasteiger partial charge on any atom is -0.459 e. The number of rotatable bonds is 9. The van der Waals surface area contributed by atoms with E-state index in [1.165, 1.54) is 6.26 Å². The summed E-state index contributed by atoms with van der Waals surface area (Å²) in [5.74, 6) is -0.119. The molecule has 0 aliphatic heterocycles. The van der Waals surface area contributed by atoms with E-state index in [0.29, 0.717) is 25.4 Å². The third-order valence-electron chi connectivity index (χ3n) is 4.30. The minimum absolute atomic E-state index is 0.0618. The smallest absolute Gasteiger partial charge is 0.291 e. The van der Waals surface area contributed by atoms with Gasteiger partial charge in [-0.3, -0.25) is 9.59 Å². The van der Waals surface area contributed by atoms with Crippen LogP contribution in [-0.2, 0) is 16.1 Å². The first-order chi connectivity index (χ1) is 13.3. The van der Waals surface area contributed by atoms with Gasteiger partial charge in [-0.1, -0.05) is 13.8 Å². The van der Waals surface area contributed by atoms with E-state index in [0.717, 1.165) is 11.3 Å². The molecule has 1 aromatic carbocycles. The van der Waals surface area contributed by atoms with Crippen LogP contribution in [0.3, 0.4) is 0 Å². The highest BCUT2D eigenvalue weighted by atomic mass is 16.5. The number of hydrogen-bond acceptors (Lipinski definition) is 5. The topological polar surface area (TPSA) is 75.0 Å². The van der Waals surface area contributed by atoms with Crippen molar-refractivity contribution in [2.75, 3.05) is 44.6 Å². The van der Waals surface area contributed by atoms with Gasteiger partial charge in [0, 0.05) is 51.6 Å². The molecule has 2 aromatic rings. The Morgan fingerprint density at radius 3 is 2.54 bits per heavy atom. The molecule has 2 rings (SSSR count). The zero-order valence-electron chi connectivity index (χ0n) is 17.2. The summed E-state index contributed by atoms with van der Waals surface area (Å²) in [6.45, 7) is 5.16. The van der Waals surface area contributed by atoms with Crippen LogP contribution in [0.4, 0.5) is 11.4 Å². The number of anilines is 2. The third-order valence-corrected chi connectivity index (χ3v) is 4.30. The van der Waals surface area contributed by atoms with Gasteiger partial charge in [0.1, 0.15) is 0 Å². The first kappa shape index (κ1) is 21.5. The molecule has 1 aromatic heterocycles. The fourth-order valence-corrected chi connectivity index (χ4v) is 2.87. The Morgan fingerprint density at radius 1 is 1.21 bits per heavy atom. The predicted octanol–water partition coefficient (Wildman–Crippen LogP) is 3.23. The molecule has 28 heavy (non-hydrogen) atoms. The lowest BCUT2D eigenvalue weighted by Gasteiger charge is -2.27. The maximum Gasteiger partial charge on any atom is 0.291 e. The number of methoxy groups -OCH3 is 1. The summed E-state index contributed by atoms with van der Waals surface area (Å²) in [5, 5.41) is 2.84. The quantitative estimate of drug-likeness (QED) is 0.715. The van der Waals surface area contributed by atoms with Crippen molar-refractivity contribution < 1.29 is 18.7 Å². The molecule has 0 spiro atoms. The van der Waals surface area contributed by atoms with Gasteiger partial charge in [-0.05, 0) is 35.9 Å². The zero-order chi connectivity index (χ0) is 20.7. The van der Waals surface area contributed by atoms with Gasteiger partial charge in [-0.25, -0.2) is 0 Å². The first-order valence-corrected chi connectivity index (χ1v) is 9.26. The standard InChI is InChI=1S/C21H29N3O4/c1-15(2)21(26)24(10-12-27-5)14-16-13-17(8-9-18(16)23(3)4)22-20(25)19-7-6-11-28-19/h6-9,11,13,15H,10,12,14H2,1-5H3,(H,22,25). The number of furan rings is 1. The van der Waals surface area contributed by atoms with Crippen LogP contribution in [0.5, 0.6) is 0 Å². The number of carbonyl (C=O) groups excluding carboxylic acids is 2. The van der Waals surface area contributed by atoms with E-state index >= 15 is 0 Å². The van der Waals surface area contributed by atoms with Crippen molar-refractivity contribution >= 4 is 23.2 Å². The van der Waals surface area contributed by atoms with Crippen molar-refractivity contribution in [3.05, 3.63) is 47.9 Å². The lowest BCUT2D eigenvalue weighted by molar-refractivity contribution is -0.135. The van der Waals surface area contributed by atoms with Crippen LogP contribution in [0.25, 0.3) is 0 Å². The van der Waals surface area contributed by atoms with Crippen LogP contribution >= 0.6 is 0 Å². The van der Waals surface area contributed by atoms with Gasteiger partial charge in [0.25, 0.3) is 5.91 Å². The number of benzene rings is 1. The van der Waals surface area contributed by atoms with E-state index in [1.807, 2.05) is 51.0 Å². The molecular formula is C21H29N3O4. The van der Waals surface area contributed by atoms with Crippen LogP contribution in [0, 0.1) is 5.92 Å². The number of ether oxygens (including phenoxy) is 1. The molecule has 0 radical (unpaired) electrons. The van der Waals surface area contributed by atoms with Crippen LogP contribution < -0.4 is 10.2 Å².